The minimum Gasteiger partial charge on any atom is -0.367 e. The Labute approximate surface area is 93.4 Å². The molecule has 0 amide bonds. The summed E-state index contributed by atoms with van der Waals surface area (Å²) in [6.45, 7) is 0. The summed E-state index contributed by atoms with van der Waals surface area (Å²) in [6.07, 6.45) is 4.23. The standard InChI is InChI=1S/C10H13ClN2S/c11-8-3-4-10(12-6-8)13-9-2-1-5-14-7-9/h3-4,6,9H,1-2,5,7H2,(H,12,13). The Kier molecular flexibility index (Phi) is 3.54. The quantitative estimate of drug-likeness (QED) is 0.843. The number of thioether (sulfide) groups is 1. The van der Waals surface area contributed by atoms with E-state index in [0.29, 0.717) is 11.1 Å². The minimum absolute atomic E-state index is 0.572. The number of nitrogens with zero attached hydrogens (tertiary/aromatic N) is 1. The average molecular weight is 229 g/mol. The van der Waals surface area contributed by atoms with Crippen LogP contribution >= 0.6 is 23.4 Å². The van der Waals surface area contributed by atoms with Crippen LogP contribution in [0.15, 0.2) is 18.3 Å². The van der Waals surface area contributed by atoms with Gasteiger partial charge in [-0.3, -0.25) is 0 Å². The number of pyridine rings is 1. The summed E-state index contributed by atoms with van der Waals surface area (Å²) in [4.78, 5) is 4.22. The molecular weight excluding hydrogens is 216 g/mol. The summed E-state index contributed by atoms with van der Waals surface area (Å²) in [5, 5.41) is 4.11. The predicted octanol–water partition coefficient (Wildman–Crippen LogP) is 3.04. The van der Waals surface area contributed by atoms with Crippen molar-refractivity contribution in [2.24, 2.45) is 0 Å². The number of aromatic nitrogens is 1. The zero-order valence-electron chi connectivity index (χ0n) is 7.87. The summed E-state index contributed by atoms with van der Waals surface area (Å²) in [5.41, 5.74) is 0. The second-order valence-electron chi connectivity index (χ2n) is 3.42. The first kappa shape index (κ1) is 10.1. The van der Waals surface area contributed by atoms with E-state index in [1.165, 1.54) is 24.3 Å². The molecule has 2 rings (SSSR count). The molecule has 76 valence electrons. The van der Waals surface area contributed by atoms with E-state index in [4.69, 9.17) is 11.6 Å². The van der Waals surface area contributed by atoms with E-state index < -0.39 is 0 Å². The van der Waals surface area contributed by atoms with Gasteiger partial charge in [0.05, 0.1) is 5.02 Å². The highest BCUT2D eigenvalue weighted by molar-refractivity contribution is 7.99. The highest BCUT2D eigenvalue weighted by Crippen LogP contribution is 2.20. The molecule has 0 radical (unpaired) electrons. The smallest absolute Gasteiger partial charge is 0.126 e. The lowest BCUT2D eigenvalue weighted by Crippen LogP contribution is -2.26. The van der Waals surface area contributed by atoms with Gasteiger partial charge in [0.1, 0.15) is 5.82 Å². The van der Waals surface area contributed by atoms with Crippen molar-refractivity contribution in [3.8, 4) is 0 Å². The first-order chi connectivity index (χ1) is 6.84. The molecule has 4 heteroatoms. The summed E-state index contributed by atoms with van der Waals surface area (Å²) in [7, 11) is 0. The van der Waals surface area contributed by atoms with E-state index in [1.54, 1.807) is 6.20 Å². The van der Waals surface area contributed by atoms with Crippen LogP contribution in [0.5, 0.6) is 0 Å². The van der Waals surface area contributed by atoms with Crippen LogP contribution in [0.2, 0.25) is 5.02 Å². The third kappa shape index (κ3) is 2.79. The van der Waals surface area contributed by atoms with Crippen molar-refractivity contribution in [3.05, 3.63) is 23.4 Å². The molecule has 14 heavy (non-hydrogen) atoms. The molecule has 0 aliphatic carbocycles. The summed E-state index contributed by atoms with van der Waals surface area (Å²) in [6, 6.07) is 4.37. The predicted molar refractivity (Wildman–Crippen MR) is 63.2 cm³/mol. The molecule has 0 aromatic carbocycles. The first-order valence-corrected chi connectivity index (χ1v) is 6.34. The molecule has 2 heterocycles. The molecule has 1 aliphatic heterocycles. The van der Waals surface area contributed by atoms with Crippen molar-refractivity contribution in [1.82, 2.24) is 4.98 Å². The highest BCUT2D eigenvalue weighted by atomic mass is 35.5. The maximum atomic E-state index is 5.76. The topological polar surface area (TPSA) is 24.9 Å². The summed E-state index contributed by atoms with van der Waals surface area (Å²) >= 11 is 7.77. The summed E-state index contributed by atoms with van der Waals surface area (Å²) < 4.78 is 0. The molecule has 0 spiro atoms. The molecule has 2 nitrogen and oxygen atoms in total. The lowest BCUT2D eigenvalue weighted by molar-refractivity contribution is 0.682. The van der Waals surface area contributed by atoms with Crippen molar-refractivity contribution >= 4 is 29.2 Å². The lowest BCUT2D eigenvalue weighted by atomic mass is 10.2. The second-order valence-corrected chi connectivity index (χ2v) is 5.01. The SMILES string of the molecule is Clc1ccc(NC2CCCSC2)nc1. The van der Waals surface area contributed by atoms with Crippen molar-refractivity contribution in [3.63, 3.8) is 0 Å². The normalized spacial score (nSPS) is 21.9. The van der Waals surface area contributed by atoms with Crippen LogP contribution in [0.25, 0.3) is 0 Å². The fourth-order valence-electron chi connectivity index (χ4n) is 1.52. The van der Waals surface area contributed by atoms with Crippen LogP contribution in [0, 0.1) is 0 Å². The van der Waals surface area contributed by atoms with Crippen LogP contribution in [0.1, 0.15) is 12.8 Å². The average Bonchev–Trinajstić information content (AvgIpc) is 2.23. The molecule has 1 saturated heterocycles. The zero-order chi connectivity index (χ0) is 9.80. The van der Waals surface area contributed by atoms with Gasteiger partial charge < -0.3 is 5.32 Å². The zero-order valence-corrected chi connectivity index (χ0v) is 9.44. The molecule has 1 atom stereocenters. The van der Waals surface area contributed by atoms with Crippen LogP contribution in [0.4, 0.5) is 5.82 Å². The van der Waals surface area contributed by atoms with Crippen LogP contribution in [-0.2, 0) is 0 Å². The third-order valence-electron chi connectivity index (χ3n) is 2.24. The molecule has 1 fully saturated rings. The van der Waals surface area contributed by atoms with Crippen molar-refractivity contribution in [1.29, 1.82) is 0 Å². The Morgan fingerprint density at radius 3 is 3.07 bits per heavy atom. The first-order valence-electron chi connectivity index (χ1n) is 4.80. The number of hydrogen-bond donors (Lipinski definition) is 1. The van der Waals surface area contributed by atoms with E-state index in [0.717, 1.165) is 5.82 Å². The second kappa shape index (κ2) is 4.89. The number of rotatable bonds is 2. The number of halogens is 1. The maximum Gasteiger partial charge on any atom is 0.126 e. The van der Waals surface area contributed by atoms with Gasteiger partial charge in [-0.05, 0) is 30.7 Å². The maximum absolute atomic E-state index is 5.76. The molecule has 0 saturated carbocycles. The van der Waals surface area contributed by atoms with Crippen molar-refractivity contribution in [2.75, 3.05) is 16.8 Å². The monoisotopic (exact) mass is 228 g/mol. The van der Waals surface area contributed by atoms with Crippen molar-refractivity contribution < 1.29 is 0 Å². The van der Waals surface area contributed by atoms with Gasteiger partial charge in [0.25, 0.3) is 0 Å². The molecule has 1 aromatic rings. The van der Waals surface area contributed by atoms with Gasteiger partial charge in [-0.25, -0.2) is 4.98 Å². The Balaban J connectivity index is 1.92. The molecule has 1 unspecified atom stereocenters. The minimum atomic E-state index is 0.572. The van der Waals surface area contributed by atoms with Gasteiger partial charge in [0, 0.05) is 18.0 Å². The van der Waals surface area contributed by atoms with Gasteiger partial charge >= 0.3 is 0 Å². The number of anilines is 1. The lowest BCUT2D eigenvalue weighted by Gasteiger charge is -2.22. The Hall–Kier alpha value is -0.410. The van der Waals surface area contributed by atoms with E-state index in [2.05, 4.69) is 10.3 Å². The van der Waals surface area contributed by atoms with Gasteiger partial charge in [-0.2, -0.15) is 11.8 Å². The highest BCUT2D eigenvalue weighted by Gasteiger charge is 2.13. The number of nitrogens with one attached hydrogen (secondary N) is 1. The Bertz CT molecular complexity index is 283. The third-order valence-corrected chi connectivity index (χ3v) is 3.68. The van der Waals surface area contributed by atoms with Crippen molar-refractivity contribution in [2.45, 2.75) is 18.9 Å². The molecule has 1 N–H and O–H groups in total. The Morgan fingerprint density at radius 1 is 1.50 bits per heavy atom. The van der Waals surface area contributed by atoms with Crippen LogP contribution in [0.3, 0.4) is 0 Å². The summed E-state index contributed by atoms with van der Waals surface area (Å²) in [5.74, 6) is 3.41. The van der Waals surface area contributed by atoms with E-state index in [9.17, 15) is 0 Å². The largest absolute Gasteiger partial charge is 0.367 e. The van der Waals surface area contributed by atoms with Gasteiger partial charge in [0.2, 0.25) is 0 Å². The van der Waals surface area contributed by atoms with Gasteiger partial charge in [0.15, 0.2) is 0 Å². The van der Waals surface area contributed by atoms with E-state index >= 15 is 0 Å². The Morgan fingerprint density at radius 2 is 2.43 bits per heavy atom. The molecule has 1 aliphatic rings. The fraction of sp³-hybridized carbons (Fsp3) is 0.500. The van der Waals surface area contributed by atoms with E-state index in [-0.39, 0.29) is 0 Å². The number of hydrogen-bond acceptors (Lipinski definition) is 3. The fourth-order valence-corrected chi connectivity index (χ4v) is 2.71. The molecular formula is C10H13ClN2S. The van der Waals surface area contributed by atoms with Gasteiger partial charge in [-0.1, -0.05) is 11.6 Å². The van der Waals surface area contributed by atoms with Crippen LogP contribution in [-0.4, -0.2) is 22.5 Å². The van der Waals surface area contributed by atoms with E-state index in [1.807, 2.05) is 23.9 Å². The van der Waals surface area contributed by atoms with Gasteiger partial charge in [-0.15, -0.1) is 0 Å². The molecule has 1 aromatic heterocycles. The molecule has 0 bridgehead atoms. The van der Waals surface area contributed by atoms with Crippen LogP contribution < -0.4 is 5.32 Å².